The fourth-order valence-electron chi connectivity index (χ4n) is 4.38. The first-order valence-electron chi connectivity index (χ1n) is 12.0. The second-order valence-corrected chi connectivity index (χ2v) is 8.91. The minimum Gasteiger partial charge on any atom is -0.454 e. The maximum atomic E-state index is 13.3. The van der Waals surface area contributed by atoms with Gasteiger partial charge in [0.25, 0.3) is 5.91 Å². The Morgan fingerprint density at radius 1 is 1.03 bits per heavy atom. The van der Waals surface area contributed by atoms with Crippen LogP contribution in [0.3, 0.4) is 0 Å². The number of hydrogen-bond acceptors (Lipinski definition) is 6. The van der Waals surface area contributed by atoms with Gasteiger partial charge in [0.2, 0.25) is 12.7 Å². The van der Waals surface area contributed by atoms with Crippen LogP contribution in [0.1, 0.15) is 50.3 Å². The van der Waals surface area contributed by atoms with E-state index >= 15 is 0 Å². The van der Waals surface area contributed by atoms with Gasteiger partial charge >= 0.3 is 0 Å². The summed E-state index contributed by atoms with van der Waals surface area (Å²) in [6.45, 7) is 6.45. The first-order valence-corrected chi connectivity index (χ1v) is 12.0. The molecule has 190 valence electrons. The molecule has 0 spiro atoms. The van der Waals surface area contributed by atoms with Crippen molar-refractivity contribution in [2.45, 2.75) is 53.6 Å². The lowest BCUT2D eigenvalue weighted by atomic mass is 10.1. The summed E-state index contributed by atoms with van der Waals surface area (Å²) in [5.74, 6) is 1.13. The van der Waals surface area contributed by atoms with Crippen molar-refractivity contribution in [2.75, 3.05) is 38.4 Å². The number of hydrogen-bond donors (Lipinski definition) is 1. The molecular formula is C27H38N4O4. The maximum Gasteiger partial charge on any atom is 0.256 e. The van der Waals surface area contributed by atoms with Crippen molar-refractivity contribution in [3.8, 4) is 11.5 Å². The molecule has 2 heterocycles. The summed E-state index contributed by atoms with van der Waals surface area (Å²) in [5.41, 5.74) is 4.18. The summed E-state index contributed by atoms with van der Waals surface area (Å²) in [6.07, 6.45) is 3.12. The van der Waals surface area contributed by atoms with Crippen LogP contribution in [-0.4, -0.2) is 55.3 Å². The summed E-state index contributed by atoms with van der Waals surface area (Å²) in [7, 11) is 1.80. The lowest BCUT2D eigenvalue weighted by Crippen LogP contribution is -2.48. The third-order valence-electron chi connectivity index (χ3n) is 6.40. The van der Waals surface area contributed by atoms with Crippen LogP contribution >= 0.6 is 0 Å². The molecule has 0 bridgehead atoms. The Bertz CT molecular complexity index is 1020. The molecule has 8 heteroatoms. The van der Waals surface area contributed by atoms with E-state index < -0.39 is 0 Å². The van der Waals surface area contributed by atoms with Crippen LogP contribution in [0.15, 0.2) is 36.4 Å². The quantitative estimate of drug-likeness (QED) is 0.519. The highest BCUT2D eigenvalue weighted by molar-refractivity contribution is 5.87. The van der Waals surface area contributed by atoms with Crippen LogP contribution in [0.2, 0.25) is 0 Å². The number of anilines is 1. The van der Waals surface area contributed by atoms with Crippen molar-refractivity contribution in [3.63, 3.8) is 0 Å². The molecular weight excluding hydrogens is 444 g/mol. The van der Waals surface area contributed by atoms with Crippen LogP contribution in [0.4, 0.5) is 5.69 Å². The normalized spacial score (nSPS) is 13.7. The molecule has 8 nitrogen and oxygen atoms in total. The van der Waals surface area contributed by atoms with E-state index in [0.29, 0.717) is 31.1 Å². The van der Waals surface area contributed by atoms with E-state index in [9.17, 15) is 9.59 Å². The number of unbranched alkanes of at least 4 members (excludes halogenated alkanes) is 2. The Balaban J connectivity index is 0.00000342. The van der Waals surface area contributed by atoms with E-state index in [0.717, 1.165) is 30.5 Å². The van der Waals surface area contributed by atoms with Gasteiger partial charge in [0.1, 0.15) is 0 Å². The topological polar surface area (TPSA) is 74.4 Å². The Hall–Kier alpha value is -3.26. The predicted octanol–water partition coefficient (Wildman–Crippen LogP) is 3.86. The van der Waals surface area contributed by atoms with Gasteiger partial charge in [0.15, 0.2) is 11.5 Å². The summed E-state index contributed by atoms with van der Waals surface area (Å²) < 4.78 is 11.0. The van der Waals surface area contributed by atoms with Gasteiger partial charge in [-0.1, -0.05) is 51.5 Å². The minimum atomic E-state index is -0.0998. The SMILES string of the molecule is C.CCCCCNC(=O)CN(CC(=O)N(C)N1Cc2ccccc2C1)c1cc2c(cc1C)OCO2. The number of hydrazine groups is 1. The molecule has 0 saturated heterocycles. The van der Waals surface area contributed by atoms with E-state index in [1.165, 1.54) is 11.1 Å². The second kappa shape index (κ2) is 11.9. The molecule has 0 aliphatic carbocycles. The highest BCUT2D eigenvalue weighted by atomic mass is 16.7. The Morgan fingerprint density at radius 3 is 2.34 bits per heavy atom. The predicted molar refractivity (Wildman–Crippen MR) is 137 cm³/mol. The Kier molecular flexibility index (Phi) is 8.98. The van der Waals surface area contributed by atoms with Crippen LogP contribution in [-0.2, 0) is 22.7 Å². The number of rotatable bonds is 10. The van der Waals surface area contributed by atoms with E-state index in [-0.39, 0.29) is 39.1 Å². The van der Waals surface area contributed by atoms with Gasteiger partial charge in [-0.15, -0.1) is 0 Å². The third-order valence-corrected chi connectivity index (χ3v) is 6.40. The highest BCUT2D eigenvalue weighted by Crippen LogP contribution is 2.38. The molecule has 2 aromatic rings. The number of nitrogens with one attached hydrogen (secondary N) is 1. The molecule has 2 aliphatic rings. The smallest absolute Gasteiger partial charge is 0.256 e. The van der Waals surface area contributed by atoms with Crippen LogP contribution in [0.25, 0.3) is 0 Å². The molecule has 0 atom stereocenters. The molecule has 0 fully saturated rings. The van der Waals surface area contributed by atoms with Gasteiger partial charge in [-0.25, -0.2) is 5.01 Å². The average Bonchev–Trinajstić information content (AvgIpc) is 3.46. The molecule has 0 saturated carbocycles. The highest BCUT2D eigenvalue weighted by Gasteiger charge is 2.28. The number of amides is 2. The zero-order chi connectivity index (χ0) is 24.1. The van der Waals surface area contributed by atoms with Crippen molar-refractivity contribution in [1.29, 1.82) is 0 Å². The molecule has 0 aromatic heterocycles. The molecule has 2 aromatic carbocycles. The fourth-order valence-corrected chi connectivity index (χ4v) is 4.38. The third kappa shape index (κ3) is 6.25. The second-order valence-electron chi connectivity index (χ2n) is 8.91. The molecule has 4 rings (SSSR count). The van der Waals surface area contributed by atoms with Crippen molar-refractivity contribution < 1.29 is 19.1 Å². The first kappa shape index (κ1) is 26.3. The zero-order valence-electron chi connectivity index (χ0n) is 20.3. The molecule has 2 aliphatic heterocycles. The molecule has 0 unspecified atom stereocenters. The van der Waals surface area contributed by atoms with Gasteiger partial charge in [0, 0.05) is 38.4 Å². The number of ether oxygens (including phenoxy) is 2. The summed E-state index contributed by atoms with van der Waals surface area (Å²) in [6, 6.07) is 12.0. The summed E-state index contributed by atoms with van der Waals surface area (Å²) in [5, 5.41) is 6.69. The van der Waals surface area contributed by atoms with Gasteiger partial charge in [-0.2, -0.15) is 0 Å². The van der Waals surface area contributed by atoms with E-state index in [1.54, 1.807) is 12.1 Å². The summed E-state index contributed by atoms with van der Waals surface area (Å²) >= 11 is 0. The molecule has 0 radical (unpaired) electrons. The van der Waals surface area contributed by atoms with Crippen molar-refractivity contribution in [2.24, 2.45) is 0 Å². The maximum absolute atomic E-state index is 13.3. The van der Waals surface area contributed by atoms with E-state index in [4.69, 9.17) is 9.47 Å². The fraction of sp³-hybridized carbons (Fsp3) is 0.481. The van der Waals surface area contributed by atoms with E-state index in [1.807, 2.05) is 41.1 Å². The van der Waals surface area contributed by atoms with Crippen molar-refractivity contribution in [3.05, 3.63) is 53.1 Å². The van der Waals surface area contributed by atoms with Crippen LogP contribution < -0.4 is 19.7 Å². The van der Waals surface area contributed by atoms with Crippen molar-refractivity contribution >= 4 is 17.5 Å². The Morgan fingerprint density at radius 2 is 1.69 bits per heavy atom. The van der Waals surface area contributed by atoms with E-state index in [2.05, 4.69) is 24.4 Å². The number of benzene rings is 2. The zero-order valence-corrected chi connectivity index (χ0v) is 20.3. The average molecular weight is 483 g/mol. The largest absolute Gasteiger partial charge is 0.454 e. The summed E-state index contributed by atoms with van der Waals surface area (Å²) in [4.78, 5) is 27.9. The molecule has 35 heavy (non-hydrogen) atoms. The number of nitrogens with zero attached hydrogens (tertiary/aromatic N) is 3. The number of aryl methyl sites for hydroxylation is 1. The number of carbonyl (C=O) groups excluding carboxylic acids is 2. The van der Waals surface area contributed by atoms with Gasteiger partial charge in [-0.3, -0.25) is 14.6 Å². The van der Waals surface area contributed by atoms with Crippen LogP contribution in [0.5, 0.6) is 11.5 Å². The lowest BCUT2D eigenvalue weighted by molar-refractivity contribution is -0.145. The number of fused-ring (bicyclic) bond motifs is 2. The molecule has 1 N–H and O–H groups in total. The van der Waals surface area contributed by atoms with Gasteiger partial charge in [0.05, 0.1) is 13.1 Å². The minimum absolute atomic E-state index is 0. The van der Waals surface area contributed by atoms with Crippen LogP contribution in [0, 0.1) is 6.92 Å². The lowest BCUT2D eigenvalue weighted by Gasteiger charge is -2.32. The number of carbonyl (C=O) groups is 2. The van der Waals surface area contributed by atoms with Gasteiger partial charge in [-0.05, 0) is 36.1 Å². The van der Waals surface area contributed by atoms with Gasteiger partial charge < -0.3 is 19.7 Å². The Labute approximate surface area is 208 Å². The molecule has 2 amide bonds. The number of likely N-dealkylation sites (N-methyl/N-ethyl adjacent to an activating group) is 1. The standard InChI is InChI=1S/C26H34N4O4.CH4/c1-4-5-8-11-27-25(31)16-29(22-13-24-23(12-19(22)2)33-18-34-24)17-26(32)28(3)30-14-20-9-6-7-10-21(20)15-30;/h6-7,9-10,12-13H,4-5,8,11,14-18H2,1-3H3,(H,27,31);1H4. The monoisotopic (exact) mass is 482 g/mol. The first-order chi connectivity index (χ1) is 16.5. The van der Waals surface area contributed by atoms with Crippen molar-refractivity contribution in [1.82, 2.24) is 15.3 Å².